The molecule has 0 aliphatic carbocycles. The zero-order chi connectivity index (χ0) is 13.4. The smallest absolute Gasteiger partial charge is 0.444 e. The number of amides is 1. The summed E-state index contributed by atoms with van der Waals surface area (Å²) in [5.41, 5.74) is -0.660. The van der Waals surface area contributed by atoms with Crippen molar-refractivity contribution in [1.29, 1.82) is 0 Å². The molecule has 0 N–H and O–H groups in total. The summed E-state index contributed by atoms with van der Waals surface area (Å²) in [5.74, 6) is 0. The quantitative estimate of drug-likeness (QED) is 0.722. The minimum Gasteiger partial charge on any atom is -0.444 e. The van der Waals surface area contributed by atoms with Gasteiger partial charge in [0.2, 0.25) is 0 Å². The number of ether oxygens (including phenoxy) is 2. The summed E-state index contributed by atoms with van der Waals surface area (Å²) in [5, 5.41) is 0. The number of carbonyl (C=O) groups is 1. The highest BCUT2D eigenvalue weighted by Crippen LogP contribution is 2.29. The molecule has 0 radical (unpaired) electrons. The lowest BCUT2D eigenvalue weighted by Gasteiger charge is -2.45. The van der Waals surface area contributed by atoms with Gasteiger partial charge in [-0.25, -0.2) is 4.79 Å². The van der Waals surface area contributed by atoms with Crippen molar-refractivity contribution < 1.29 is 27.4 Å². The van der Waals surface area contributed by atoms with Gasteiger partial charge in [0.1, 0.15) is 11.7 Å². The summed E-state index contributed by atoms with van der Waals surface area (Å²) in [6, 6.07) is -0.633. The molecule has 2 atom stereocenters. The van der Waals surface area contributed by atoms with Gasteiger partial charge < -0.3 is 9.64 Å². The van der Waals surface area contributed by atoms with Crippen molar-refractivity contribution in [1.82, 2.24) is 4.90 Å². The van der Waals surface area contributed by atoms with Crippen LogP contribution in [-0.4, -0.2) is 41.6 Å². The molecule has 4 nitrogen and oxygen atoms in total. The Morgan fingerprint density at radius 1 is 1.29 bits per heavy atom. The maximum atomic E-state index is 11.9. The molecule has 0 spiro atoms. The van der Waals surface area contributed by atoms with E-state index in [1.165, 1.54) is 11.8 Å². The third-order valence-corrected chi connectivity index (χ3v) is 2.32. The molecule has 1 amide bonds. The van der Waals surface area contributed by atoms with Gasteiger partial charge in [0.15, 0.2) is 0 Å². The van der Waals surface area contributed by atoms with Crippen molar-refractivity contribution in [3.05, 3.63) is 0 Å². The maximum absolute atomic E-state index is 11.9. The number of rotatable bonds is 1. The van der Waals surface area contributed by atoms with Crippen molar-refractivity contribution in [3.8, 4) is 0 Å². The van der Waals surface area contributed by atoms with E-state index in [4.69, 9.17) is 4.74 Å². The molecule has 0 bridgehead atoms. The Bertz CT molecular complexity index is 298. The molecule has 1 fully saturated rings. The molecule has 1 aliphatic heterocycles. The molecular formula is C10H16F3NO3. The van der Waals surface area contributed by atoms with Crippen LogP contribution in [0.15, 0.2) is 0 Å². The molecule has 0 aromatic carbocycles. The molecule has 1 rings (SSSR count). The second-order valence-corrected chi connectivity index (χ2v) is 4.98. The van der Waals surface area contributed by atoms with Crippen LogP contribution in [-0.2, 0) is 9.47 Å². The van der Waals surface area contributed by atoms with E-state index in [-0.39, 0.29) is 6.54 Å². The summed E-state index contributed by atoms with van der Waals surface area (Å²) < 4.78 is 44.7. The number of hydrogen-bond donors (Lipinski definition) is 0. The SMILES string of the molecule is C[C@H]1[C@@H](OC(F)(F)F)CN1C(=O)OC(C)(C)C. The van der Waals surface area contributed by atoms with E-state index in [0.717, 1.165) is 0 Å². The highest BCUT2D eigenvalue weighted by molar-refractivity contribution is 5.69. The van der Waals surface area contributed by atoms with Gasteiger partial charge in [0, 0.05) is 0 Å². The first-order chi connectivity index (χ1) is 7.49. The largest absolute Gasteiger partial charge is 0.522 e. The van der Waals surface area contributed by atoms with Crippen LogP contribution in [0.1, 0.15) is 27.7 Å². The van der Waals surface area contributed by atoms with Crippen molar-refractivity contribution in [2.45, 2.75) is 51.8 Å². The topological polar surface area (TPSA) is 38.8 Å². The lowest BCUT2D eigenvalue weighted by atomic mass is 10.0. The number of halogens is 3. The molecule has 1 aliphatic rings. The Labute approximate surface area is 97.7 Å². The molecule has 1 saturated heterocycles. The summed E-state index contributed by atoms with van der Waals surface area (Å²) in [4.78, 5) is 12.7. The van der Waals surface area contributed by atoms with Crippen molar-refractivity contribution >= 4 is 6.09 Å². The van der Waals surface area contributed by atoms with Gasteiger partial charge in [-0.15, -0.1) is 13.2 Å². The van der Waals surface area contributed by atoms with Gasteiger partial charge in [-0.05, 0) is 27.7 Å². The van der Waals surface area contributed by atoms with Crippen LogP contribution in [0, 0.1) is 0 Å². The Kier molecular flexibility index (Phi) is 3.61. The number of carbonyl (C=O) groups excluding carboxylic acids is 1. The van der Waals surface area contributed by atoms with Gasteiger partial charge in [0.05, 0.1) is 12.6 Å². The third kappa shape index (κ3) is 4.07. The molecule has 0 saturated carbocycles. The van der Waals surface area contributed by atoms with Crippen LogP contribution in [0.4, 0.5) is 18.0 Å². The fourth-order valence-corrected chi connectivity index (χ4v) is 1.44. The standard InChI is InChI=1S/C10H16F3NO3/c1-6-7(16-10(11,12)13)5-14(6)8(15)17-9(2,3)4/h6-7H,5H2,1-4H3/t6-,7-/m0/s1. The molecule has 100 valence electrons. The predicted octanol–water partition coefficient (Wildman–Crippen LogP) is 2.53. The minimum atomic E-state index is -4.67. The first-order valence-electron chi connectivity index (χ1n) is 5.24. The van der Waals surface area contributed by atoms with E-state index in [2.05, 4.69) is 4.74 Å². The number of likely N-dealkylation sites (tertiary alicyclic amines) is 1. The normalized spacial score (nSPS) is 25.5. The lowest BCUT2D eigenvalue weighted by molar-refractivity contribution is -0.359. The second-order valence-electron chi connectivity index (χ2n) is 4.98. The van der Waals surface area contributed by atoms with Crippen molar-refractivity contribution in [2.75, 3.05) is 6.54 Å². The summed E-state index contributed by atoms with van der Waals surface area (Å²) in [7, 11) is 0. The first kappa shape index (κ1) is 14.1. The number of hydrogen-bond acceptors (Lipinski definition) is 3. The molecule has 1 heterocycles. The van der Waals surface area contributed by atoms with Crippen LogP contribution in [0.3, 0.4) is 0 Å². The van der Waals surface area contributed by atoms with Crippen LogP contribution >= 0.6 is 0 Å². The second kappa shape index (κ2) is 4.36. The molecule has 0 aromatic heterocycles. The summed E-state index contributed by atoms with van der Waals surface area (Å²) in [6.45, 7) is 6.47. The molecule has 0 unspecified atom stereocenters. The van der Waals surface area contributed by atoms with E-state index >= 15 is 0 Å². The third-order valence-electron chi connectivity index (χ3n) is 2.32. The number of nitrogens with zero attached hydrogens (tertiary/aromatic N) is 1. The zero-order valence-electron chi connectivity index (χ0n) is 10.2. The average Bonchev–Trinajstić information content (AvgIpc) is 2.06. The van der Waals surface area contributed by atoms with Crippen LogP contribution in [0.2, 0.25) is 0 Å². The van der Waals surface area contributed by atoms with E-state index in [1.54, 1.807) is 20.8 Å². The summed E-state index contributed by atoms with van der Waals surface area (Å²) in [6.07, 6.45) is -6.30. The molecule has 7 heteroatoms. The molecule has 0 aromatic rings. The van der Waals surface area contributed by atoms with E-state index in [1.807, 2.05) is 0 Å². The van der Waals surface area contributed by atoms with Gasteiger partial charge in [-0.1, -0.05) is 0 Å². The van der Waals surface area contributed by atoms with E-state index in [9.17, 15) is 18.0 Å². The van der Waals surface area contributed by atoms with Gasteiger partial charge >= 0.3 is 12.5 Å². The Balaban J connectivity index is 2.44. The first-order valence-corrected chi connectivity index (χ1v) is 5.24. The summed E-state index contributed by atoms with van der Waals surface area (Å²) >= 11 is 0. The fourth-order valence-electron chi connectivity index (χ4n) is 1.44. The zero-order valence-corrected chi connectivity index (χ0v) is 10.2. The van der Waals surface area contributed by atoms with Crippen LogP contribution < -0.4 is 0 Å². The highest BCUT2D eigenvalue weighted by Gasteiger charge is 2.47. The molecular weight excluding hydrogens is 239 g/mol. The van der Waals surface area contributed by atoms with Crippen LogP contribution in [0.25, 0.3) is 0 Å². The Morgan fingerprint density at radius 2 is 1.82 bits per heavy atom. The van der Waals surface area contributed by atoms with Crippen molar-refractivity contribution in [2.24, 2.45) is 0 Å². The Hall–Kier alpha value is -0.980. The Morgan fingerprint density at radius 3 is 2.18 bits per heavy atom. The predicted molar refractivity (Wildman–Crippen MR) is 53.3 cm³/mol. The van der Waals surface area contributed by atoms with Gasteiger partial charge in [-0.2, -0.15) is 0 Å². The van der Waals surface area contributed by atoms with E-state index < -0.39 is 30.2 Å². The minimum absolute atomic E-state index is 0.102. The number of alkyl halides is 3. The lowest BCUT2D eigenvalue weighted by Crippen LogP contribution is -2.63. The van der Waals surface area contributed by atoms with Crippen LogP contribution in [0.5, 0.6) is 0 Å². The maximum Gasteiger partial charge on any atom is 0.522 e. The fraction of sp³-hybridized carbons (Fsp3) is 0.900. The van der Waals surface area contributed by atoms with Gasteiger partial charge in [0.25, 0.3) is 0 Å². The monoisotopic (exact) mass is 255 g/mol. The molecule has 17 heavy (non-hydrogen) atoms. The average molecular weight is 255 g/mol. The van der Waals surface area contributed by atoms with E-state index in [0.29, 0.717) is 0 Å². The highest BCUT2D eigenvalue weighted by atomic mass is 19.4. The van der Waals surface area contributed by atoms with Crippen molar-refractivity contribution in [3.63, 3.8) is 0 Å². The van der Waals surface area contributed by atoms with Gasteiger partial charge in [-0.3, -0.25) is 4.74 Å².